The number of carbonyl (C=O) groups excluding carboxylic acids is 1. The van der Waals surface area contributed by atoms with E-state index in [1.165, 1.54) is 11.1 Å². The molecular formula is C15H14N4O. The van der Waals surface area contributed by atoms with Crippen molar-refractivity contribution in [2.75, 3.05) is 5.01 Å². The third-order valence-corrected chi connectivity index (χ3v) is 2.48. The lowest BCUT2D eigenvalue weighted by Gasteiger charge is -2.18. The van der Waals surface area contributed by atoms with Gasteiger partial charge in [-0.3, -0.25) is 4.79 Å². The third-order valence-electron chi connectivity index (χ3n) is 2.48. The molecule has 0 heterocycles. The van der Waals surface area contributed by atoms with E-state index in [2.05, 4.69) is 22.5 Å². The SMILES string of the molecule is C=CC(=O)N(NN=Nc1ccccc1)c1ccccc1. The van der Waals surface area contributed by atoms with E-state index in [4.69, 9.17) is 0 Å². The molecule has 100 valence electrons. The van der Waals surface area contributed by atoms with Crippen LogP contribution in [0, 0.1) is 0 Å². The Kier molecular flexibility index (Phi) is 4.61. The zero-order valence-corrected chi connectivity index (χ0v) is 10.8. The molecule has 0 bridgehead atoms. The quantitative estimate of drug-likeness (QED) is 0.512. The van der Waals surface area contributed by atoms with E-state index in [1.807, 2.05) is 48.5 Å². The van der Waals surface area contributed by atoms with E-state index in [1.54, 1.807) is 12.1 Å². The average Bonchev–Trinajstić information content (AvgIpc) is 2.53. The van der Waals surface area contributed by atoms with Crippen molar-refractivity contribution >= 4 is 17.3 Å². The van der Waals surface area contributed by atoms with Crippen LogP contribution < -0.4 is 10.5 Å². The van der Waals surface area contributed by atoms with Crippen molar-refractivity contribution in [2.24, 2.45) is 10.3 Å². The maximum Gasteiger partial charge on any atom is 0.270 e. The molecule has 0 atom stereocenters. The first-order valence-electron chi connectivity index (χ1n) is 6.04. The molecule has 20 heavy (non-hydrogen) atoms. The number of hydrogen-bond acceptors (Lipinski definition) is 3. The number of nitrogens with one attached hydrogen (secondary N) is 1. The van der Waals surface area contributed by atoms with E-state index < -0.39 is 0 Å². The lowest BCUT2D eigenvalue weighted by molar-refractivity contribution is -0.114. The Balaban J connectivity index is 2.11. The van der Waals surface area contributed by atoms with Gasteiger partial charge in [-0.2, -0.15) is 5.53 Å². The molecule has 0 fully saturated rings. The smallest absolute Gasteiger partial charge is 0.267 e. The molecule has 1 amide bonds. The van der Waals surface area contributed by atoms with E-state index in [0.29, 0.717) is 11.4 Å². The standard InChI is InChI=1S/C15H14N4O/c1-2-15(20)19(14-11-7-4-8-12-14)18-17-16-13-9-5-3-6-10-13/h2-12H,1H2,(H,16,18). The summed E-state index contributed by atoms with van der Waals surface area (Å²) in [6, 6.07) is 18.3. The largest absolute Gasteiger partial charge is 0.270 e. The van der Waals surface area contributed by atoms with Gasteiger partial charge in [0, 0.05) is 0 Å². The highest BCUT2D eigenvalue weighted by atomic mass is 16.2. The molecule has 0 aliphatic carbocycles. The average molecular weight is 266 g/mol. The highest BCUT2D eigenvalue weighted by Crippen LogP contribution is 2.13. The second kappa shape index (κ2) is 6.84. The predicted octanol–water partition coefficient (Wildman–Crippen LogP) is 3.41. The number of nitrogens with zero attached hydrogens (tertiary/aromatic N) is 3. The molecule has 5 nitrogen and oxygen atoms in total. The van der Waals surface area contributed by atoms with Crippen LogP contribution in [0.15, 0.2) is 83.7 Å². The summed E-state index contributed by atoms with van der Waals surface area (Å²) in [6.45, 7) is 3.47. The topological polar surface area (TPSA) is 57.1 Å². The molecule has 0 aliphatic heterocycles. The Morgan fingerprint density at radius 2 is 1.65 bits per heavy atom. The van der Waals surface area contributed by atoms with Crippen molar-refractivity contribution < 1.29 is 4.79 Å². The van der Waals surface area contributed by atoms with Crippen molar-refractivity contribution in [2.45, 2.75) is 0 Å². The fourth-order valence-corrected chi connectivity index (χ4v) is 1.52. The van der Waals surface area contributed by atoms with Gasteiger partial charge >= 0.3 is 0 Å². The zero-order chi connectivity index (χ0) is 14.2. The first-order valence-corrected chi connectivity index (χ1v) is 6.04. The number of para-hydroxylation sites is 1. The highest BCUT2D eigenvalue weighted by Gasteiger charge is 2.11. The minimum Gasteiger partial charge on any atom is -0.267 e. The molecule has 5 heteroatoms. The van der Waals surface area contributed by atoms with Crippen LogP contribution in [0.25, 0.3) is 0 Å². The van der Waals surface area contributed by atoms with Crippen molar-refractivity contribution in [3.8, 4) is 0 Å². The van der Waals surface area contributed by atoms with Gasteiger partial charge in [0.2, 0.25) is 0 Å². The molecule has 0 spiro atoms. The second-order valence-electron chi connectivity index (χ2n) is 3.85. The number of anilines is 1. The first kappa shape index (κ1) is 13.5. The van der Waals surface area contributed by atoms with Gasteiger partial charge in [0.05, 0.1) is 11.4 Å². The molecule has 0 unspecified atom stereocenters. The maximum atomic E-state index is 11.8. The van der Waals surface area contributed by atoms with Gasteiger partial charge in [0.1, 0.15) is 0 Å². The Labute approximate surface area is 117 Å². The zero-order valence-electron chi connectivity index (χ0n) is 10.8. The summed E-state index contributed by atoms with van der Waals surface area (Å²) < 4.78 is 0. The van der Waals surface area contributed by atoms with Crippen LogP contribution in [0.1, 0.15) is 0 Å². The van der Waals surface area contributed by atoms with Gasteiger partial charge in [-0.25, -0.2) is 5.01 Å². The fraction of sp³-hybridized carbons (Fsp3) is 0. The number of hydrazine groups is 1. The molecule has 0 aliphatic rings. The molecule has 0 saturated carbocycles. The monoisotopic (exact) mass is 266 g/mol. The van der Waals surface area contributed by atoms with E-state index >= 15 is 0 Å². The number of carbonyl (C=O) groups is 1. The van der Waals surface area contributed by atoms with E-state index in [9.17, 15) is 4.79 Å². The van der Waals surface area contributed by atoms with Gasteiger partial charge in [0.15, 0.2) is 0 Å². The maximum absolute atomic E-state index is 11.8. The second-order valence-corrected chi connectivity index (χ2v) is 3.85. The molecule has 0 saturated heterocycles. The summed E-state index contributed by atoms with van der Waals surface area (Å²) >= 11 is 0. The Hall–Kier alpha value is -2.95. The minimum absolute atomic E-state index is 0.316. The van der Waals surface area contributed by atoms with Crippen molar-refractivity contribution in [3.63, 3.8) is 0 Å². The minimum atomic E-state index is -0.316. The van der Waals surface area contributed by atoms with Crippen LogP contribution in [0.4, 0.5) is 11.4 Å². The van der Waals surface area contributed by atoms with Crippen LogP contribution in [-0.4, -0.2) is 5.91 Å². The third kappa shape index (κ3) is 3.52. The van der Waals surface area contributed by atoms with Crippen LogP contribution in [0.2, 0.25) is 0 Å². The Bertz CT molecular complexity index is 596. The van der Waals surface area contributed by atoms with Crippen molar-refractivity contribution in [3.05, 3.63) is 73.3 Å². The summed E-state index contributed by atoms with van der Waals surface area (Å²) in [7, 11) is 0. The lowest BCUT2D eigenvalue weighted by atomic mass is 10.3. The van der Waals surface area contributed by atoms with Crippen LogP contribution in [0.3, 0.4) is 0 Å². The summed E-state index contributed by atoms with van der Waals surface area (Å²) in [5.41, 5.74) is 3.96. The summed E-state index contributed by atoms with van der Waals surface area (Å²) in [6.07, 6.45) is 1.21. The predicted molar refractivity (Wildman–Crippen MR) is 78.2 cm³/mol. The normalized spacial score (nSPS) is 10.2. The lowest BCUT2D eigenvalue weighted by Crippen LogP contribution is -2.38. The molecular weight excluding hydrogens is 252 g/mol. The van der Waals surface area contributed by atoms with Gasteiger partial charge in [-0.1, -0.05) is 48.2 Å². The van der Waals surface area contributed by atoms with Gasteiger partial charge < -0.3 is 0 Å². The summed E-state index contributed by atoms with van der Waals surface area (Å²) in [5, 5.41) is 9.06. The summed E-state index contributed by atoms with van der Waals surface area (Å²) in [5.74, 6) is -0.316. The summed E-state index contributed by atoms with van der Waals surface area (Å²) in [4.78, 5) is 11.8. The Morgan fingerprint density at radius 1 is 1.05 bits per heavy atom. The number of amides is 1. The number of rotatable bonds is 5. The van der Waals surface area contributed by atoms with Crippen molar-refractivity contribution in [1.29, 1.82) is 0 Å². The molecule has 0 aromatic heterocycles. The van der Waals surface area contributed by atoms with E-state index in [-0.39, 0.29) is 5.91 Å². The molecule has 1 N–H and O–H groups in total. The fourth-order valence-electron chi connectivity index (χ4n) is 1.52. The van der Waals surface area contributed by atoms with Gasteiger partial charge in [0.25, 0.3) is 5.91 Å². The number of hydrogen-bond donors (Lipinski definition) is 1. The molecule has 0 radical (unpaired) electrons. The van der Waals surface area contributed by atoms with Crippen LogP contribution in [-0.2, 0) is 4.79 Å². The highest BCUT2D eigenvalue weighted by molar-refractivity contribution is 6.00. The first-order chi connectivity index (χ1) is 9.81. The van der Waals surface area contributed by atoms with Gasteiger partial charge in [-0.15, -0.1) is 5.11 Å². The van der Waals surface area contributed by atoms with Crippen LogP contribution in [0.5, 0.6) is 0 Å². The number of benzene rings is 2. The van der Waals surface area contributed by atoms with Gasteiger partial charge in [-0.05, 0) is 30.3 Å². The molecule has 2 aromatic rings. The van der Waals surface area contributed by atoms with E-state index in [0.717, 1.165) is 0 Å². The molecule has 2 rings (SSSR count). The van der Waals surface area contributed by atoms with Crippen LogP contribution >= 0.6 is 0 Å². The Morgan fingerprint density at radius 3 is 2.25 bits per heavy atom. The molecule has 2 aromatic carbocycles. The van der Waals surface area contributed by atoms with Crippen molar-refractivity contribution in [1.82, 2.24) is 5.53 Å².